The van der Waals surface area contributed by atoms with E-state index >= 15 is 0 Å². The van der Waals surface area contributed by atoms with Crippen molar-refractivity contribution in [2.75, 3.05) is 5.75 Å². The van der Waals surface area contributed by atoms with E-state index in [1.807, 2.05) is 12.1 Å². The minimum Gasteiger partial charge on any atom is -0.333 e. The second-order valence-corrected chi connectivity index (χ2v) is 6.05. The van der Waals surface area contributed by atoms with E-state index in [2.05, 4.69) is 11.4 Å². The van der Waals surface area contributed by atoms with Gasteiger partial charge >= 0.3 is 0 Å². The number of carbonyl (C=O) groups excluding carboxylic acids is 1. The summed E-state index contributed by atoms with van der Waals surface area (Å²) in [6, 6.07) is 17.1. The summed E-state index contributed by atoms with van der Waals surface area (Å²) in [7, 11) is 0. The number of benzene rings is 2. The normalized spacial score (nSPS) is 11.1. The van der Waals surface area contributed by atoms with E-state index in [4.69, 9.17) is 16.9 Å². The van der Waals surface area contributed by atoms with Crippen LogP contribution < -0.4 is 5.32 Å². The standard InChI is InChI=1S/C17H12ClN3OS/c18-14-6-4-12(5-7-14)16(11-20)21-17(22)13-2-1-3-15(10-13)23-9-8-19/h1-7,10,16H,9H2,(H,21,22). The van der Waals surface area contributed by atoms with Gasteiger partial charge in [0.25, 0.3) is 5.91 Å². The van der Waals surface area contributed by atoms with Gasteiger partial charge in [-0.1, -0.05) is 29.8 Å². The number of nitrogens with zero attached hydrogens (tertiary/aromatic N) is 2. The van der Waals surface area contributed by atoms with Gasteiger partial charge in [0, 0.05) is 15.5 Å². The second kappa shape index (κ2) is 8.24. The largest absolute Gasteiger partial charge is 0.333 e. The van der Waals surface area contributed by atoms with Crippen LogP contribution in [-0.2, 0) is 0 Å². The van der Waals surface area contributed by atoms with Crippen LogP contribution in [0.4, 0.5) is 0 Å². The van der Waals surface area contributed by atoms with Crippen molar-refractivity contribution in [1.29, 1.82) is 10.5 Å². The predicted octanol–water partition coefficient (Wildman–Crippen LogP) is 3.95. The van der Waals surface area contributed by atoms with Crippen LogP contribution in [0.25, 0.3) is 0 Å². The Bertz CT molecular complexity index is 778. The van der Waals surface area contributed by atoms with Gasteiger partial charge in [-0.05, 0) is 35.9 Å². The summed E-state index contributed by atoms with van der Waals surface area (Å²) in [4.78, 5) is 13.2. The average molecular weight is 342 g/mol. The van der Waals surface area contributed by atoms with Crippen molar-refractivity contribution in [3.8, 4) is 12.1 Å². The molecule has 4 nitrogen and oxygen atoms in total. The lowest BCUT2D eigenvalue weighted by Gasteiger charge is -2.12. The van der Waals surface area contributed by atoms with Crippen LogP contribution >= 0.6 is 23.4 Å². The van der Waals surface area contributed by atoms with Gasteiger partial charge in [-0.15, -0.1) is 11.8 Å². The second-order valence-electron chi connectivity index (χ2n) is 4.56. The molecule has 6 heteroatoms. The summed E-state index contributed by atoms with van der Waals surface area (Å²) in [6.07, 6.45) is 0. The van der Waals surface area contributed by atoms with Crippen LogP contribution in [-0.4, -0.2) is 11.7 Å². The molecule has 0 aliphatic heterocycles. The van der Waals surface area contributed by atoms with E-state index in [0.29, 0.717) is 21.9 Å². The SMILES string of the molecule is N#CCSc1cccc(C(=O)NC(C#N)c2ccc(Cl)cc2)c1. The van der Waals surface area contributed by atoms with Crippen molar-refractivity contribution in [2.24, 2.45) is 0 Å². The van der Waals surface area contributed by atoms with Crippen molar-refractivity contribution >= 4 is 29.3 Å². The van der Waals surface area contributed by atoms with Crippen LogP contribution in [0.5, 0.6) is 0 Å². The van der Waals surface area contributed by atoms with Gasteiger partial charge in [-0.3, -0.25) is 4.79 Å². The summed E-state index contributed by atoms with van der Waals surface area (Å²) < 4.78 is 0. The van der Waals surface area contributed by atoms with Gasteiger partial charge in [0.05, 0.1) is 17.9 Å². The Morgan fingerprint density at radius 1 is 1.22 bits per heavy atom. The molecule has 2 aromatic rings. The highest BCUT2D eigenvalue weighted by Crippen LogP contribution is 2.20. The quantitative estimate of drug-likeness (QED) is 0.835. The molecule has 0 saturated carbocycles. The van der Waals surface area contributed by atoms with Gasteiger partial charge in [0.1, 0.15) is 6.04 Å². The third kappa shape index (κ3) is 4.75. The maximum Gasteiger partial charge on any atom is 0.252 e. The number of amides is 1. The zero-order chi connectivity index (χ0) is 16.7. The Balaban J connectivity index is 2.12. The molecule has 0 radical (unpaired) electrons. The highest BCUT2D eigenvalue weighted by atomic mass is 35.5. The molecule has 0 saturated heterocycles. The van der Waals surface area contributed by atoms with E-state index in [1.54, 1.807) is 42.5 Å². The predicted molar refractivity (Wildman–Crippen MR) is 90.1 cm³/mol. The molecular weight excluding hydrogens is 330 g/mol. The highest BCUT2D eigenvalue weighted by molar-refractivity contribution is 7.99. The third-order valence-electron chi connectivity index (χ3n) is 3.01. The Morgan fingerprint density at radius 3 is 2.61 bits per heavy atom. The molecule has 0 fully saturated rings. The summed E-state index contributed by atoms with van der Waals surface area (Å²) in [5.74, 6) is -0.0256. The molecule has 0 spiro atoms. The summed E-state index contributed by atoms with van der Waals surface area (Å²) >= 11 is 7.18. The van der Waals surface area contributed by atoms with E-state index in [-0.39, 0.29) is 5.91 Å². The van der Waals surface area contributed by atoms with Gasteiger partial charge in [0.2, 0.25) is 0 Å². The topological polar surface area (TPSA) is 76.7 Å². The molecule has 0 heterocycles. The minimum atomic E-state index is -0.754. The first-order chi connectivity index (χ1) is 11.1. The Kier molecular flexibility index (Phi) is 6.05. The molecule has 1 amide bonds. The van der Waals surface area contributed by atoms with Gasteiger partial charge in [0.15, 0.2) is 0 Å². The molecule has 1 N–H and O–H groups in total. The smallest absolute Gasteiger partial charge is 0.252 e. The first-order valence-electron chi connectivity index (χ1n) is 6.70. The summed E-state index contributed by atoms with van der Waals surface area (Å²) in [6.45, 7) is 0. The maximum atomic E-state index is 12.3. The Labute approximate surface area is 143 Å². The zero-order valence-electron chi connectivity index (χ0n) is 12.0. The lowest BCUT2D eigenvalue weighted by molar-refractivity contribution is 0.0945. The average Bonchev–Trinajstić information content (AvgIpc) is 2.58. The number of carbonyl (C=O) groups is 1. The van der Waals surface area contributed by atoms with E-state index in [9.17, 15) is 10.1 Å². The van der Waals surface area contributed by atoms with E-state index < -0.39 is 6.04 Å². The third-order valence-corrected chi connectivity index (χ3v) is 4.12. The molecule has 0 aliphatic carbocycles. The molecule has 23 heavy (non-hydrogen) atoms. The fraction of sp³-hybridized carbons (Fsp3) is 0.118. The highest BCUT2D eigenvalue weighted by Gasteiger charge is 2.15. The van der Waals surface area contributed by atoms with Crippen molar-refractivity contribution in [3.63, 3.8) is 0 Å². The maximum absolute atomic E-state index is 12.3. The van der Waals surface area contributed by atoms with Crippen LogP contribution in [0.1, 0.15) is 22.0 Å². The fourth-order valence-corrected chi connectivity index (χ4v) is 2.64. The number of nitriles is 2. The molecule has 2 aromatic carbocycles. The molecular formula is C17H12ClN3OS. The van der Waals surface area contributed by atoms with Crippen molar-refractivity contribution in [2.45, 2.75) is 10.9 Å². The van der Waals surface area contributed by atoms with Crippen LogP contribution in [0, 0.1) is 22.7 Å². The van der Waals surface area contributed by atoms with E-state index in [0.717, 1.165) is 4.90 Å². The molecule has 2 rings (SSSR count). The monoisotopic (exact) mass is 341 g/mol. The lowest BCUT2D eigenvalue weighted by Crippen LogP contribution is -2.27. The summed E-state index contributed by atoms with van der Waals surface area (Å²) in [5, 5.41) is 21.1. The first-order valence-corrected chi connectivity index (χ1v) is 8.06. The van der Waals surface area contributed by atoms with E-state index in [1.165, 1.54) is 11.8 Å². The first kappa shape index (κ1) is 16.9. The Morgan fingerprint density at radius 2 is 1.96 bits per heavy atom. The van der Waals surface area contributed by atoms with Crippen LogP contribution in [0.15, 0.2) is 53.4 Å². The number of rotatable bonds is 5. The molecule has 1 atom stereocenters. The van der Waals surface area contributed by atoms with Gasteiger partial charge in [-0.2, -0.15) is 10.5 Å². The number of halogens is 1. The number of hydrogen-bond acceptors (Lipinski definition) is 4. The fourth-order valence-electron chi connectivity index (χ4n) is 1.90. The number of thioether (sulfide) groups is 1. The Hall–Kier alpha value is -2.47. The number of hydrogen-bond donors (Lipinski definition) is 1. The molecule has 0 aliphatic rings. The molecule has 0 bridgehead atoms. The van der Waals surface area contributed by atoms with Crippen LogP contribution in [0.2, 0.25) is 5.02 Å². The van der Waals surface area contributed by atoms with Crippen molar-refractivity contribution < 1.29 is 4.79 Å². The summed E-state index contributed by atoms with van der Waals surface area (Å²) in [5.41, 5.74) is 1.11. The van der Waals surface area contributed by atoms with Crippen molar-refractivity contribution in [1.82, 2.24) is 5.32 Å². The molecule has 0 aromatic heterocycles. The van der Waals surface area contributed by atoms with Crippen LogP contribution in [0.3, 0.4) is 0 Å². The molecule has 1 unspecified atom stereocenters. The lowest BCUT2D eigenvalue weighted by atomic mass is 10.1. The van der Waals surface area contributed by atoms with Gasteiger partial charge < -0.3 is 5.32 Å². The zero-order valence-corrected chi connectivity index (χ0v) is 13.6. The van der Waals surface area contributed by atoms with Gasteiger partial charge in [-0.25, -0.2) is 0 Å². The number of nitrogens with one attached hydrogen (secondary N) is 1. The molecule has 114 valence electrons. The minimum absolute atomic E-state index is 0.316. The van der Waals surface area contributed by atoms with Crippen molar-refractivity contribution in [3.05, 3.63) is 64.7 Å².